The zero-order valence-electron chi connectivity index (χ0n) is 17.0. The van der Waals surface area contributed by atoms with Crippen LogP contribution in [-0.2, 0) is 4.79 Å². The molecule has 0 saturated carbocycles. The molecule has 1 saturated heterocycles. The molecule has 3 heterocycles. The van der Waals surface area contributed by atoms with Crippen LogP contribution < -0.4 is 9.47 Å². The Morgan fingerprint density at radius 2 is 1.97 bits per heavy atom. The molecule has 1 atom stereocenters. The molecule has 29 heavy (non-hydrogen) atoms. The monoisotopic (exact) mass is 413 g/mol. The van der Waals surface area contributed by atoms with Gasteiger partial charge in [0.05, 0.1) is 37.4 Å². The molecular formula is C22H27N3O3S. The third kappa shape index (κ3) is 4.16. The van der Waals surface area contributed by atoms with Crippen molar-refractivity contribution < 1.29 is 14.3 Å². The van der Waals surface area contributed by atoms with Gasteiger partial charge in [0.2, 0.25) is 0 Å². The van der Waals surface area contributed by atoms with Crippen LogP contribution >= 0.6 is 11.3 Å². The minimum Gasteiger partial charge on any atom is -0.493 e. The lowest BCUT2D eigenvalue weighted by molar-refractivity contribution is -0.134. The summed E-state index contributed by atoms with van der Waals surface area (Å²) < 4.78 is 11.1. The summed E-state index contributed by atoms with van der Waals surface area (Å²) in [7, 11) is 3.26. The van der Waals surface area contributed by atoms with Crippen molar-refractivity contribution in [1.82, 2.24) is 9.91 Å². The molecule has 2 aromatic rings. The first-order valence-electron chi connectivity index (χ1n) is 10.1. The van der Waals surface area contributed by atoms with E-state index in [4.69, 9.17) is 14.6 Å². The van der Waals surface area contributed by atoms with Crippen molar-refractivity contribution in [3.63, 3.8) is 0 Å². The lowest BCUT2D eigenvalue weighted by Crippen LogP contribution is -2.40. The first kappa shape index (κ1) is 19.9. The van der Waals surface area contributed by atoms with Crippen LogP contribution in [0.5, 0.6) is 11.5 Å². The van der Waals surface area contributed by atoms with E-state index in [2.05, 4.69) is 11.0 Å². The molecule has 6 nitrogen and oxygen atoms in total. The zero-order chi connectivity index (χ0) is 20.2. The normalized spacial score (nSPS) is 19.9. The molecule has 0 spiro atoms. The van der Waals surface area contributed by atoms with Gasteiger partial charge in [-0.1, -0.05) is 24.6 Å². The number of rotatable bonds is 6. The molecule has 2 aliphatic rings. The van der Waals surface area contributed by atoms with Crippen molar-refractivity contribution in [2.45, 2.75) is 31.7 Å². The highest BCUT2D eigenvalue weighted by atomic mass is 32.1. The van der Waals surface area contributed by atoms with E-state index in [0.29, 0.717) is 24.5 Å². The standard InChI is InChI=1S/C22H27N3O3S/c1-27-19-9-6-8-16(22(19)28-2)18-14-17(20-10-7-13-29-20)23-25(18)21(26)15-24-11-4-3-5-12-24/h6-10,13,18H,3-5,11-12,14-15H2,1-2H3. The van der Waals surface area contributed by atoms with E-state index in [9.17, 15) is 4.79 Å². The number of amides is 1. The maximum atomic E-state index is 13.3. The van der Waals surface area contributed by atoms with Crippen molar-refractivity contribution in [2.75, 3.05) is 33.9 Å². The fourth-order valence-electron chi connectivity index (χ4n) is 4.13. The van der Waals surface area contributed by atoms with Gasteiger partial charge in [-0.25, -0.2) is 5.01 Å². The number of piperidine rings is 1. The van der Waals surface area contributed by atoms with Gasteiger partial charge in [-0.15, -0.1) is 11.3 Å². The first-order valence-corrected chi connectivity index (χ1v) is 11.0. The summed E-state index contributed by atoms with van der Waals surface area (Å²) in [6, 6.07) is 9.68. The number of para-hydroxylation sites is 1. The summed E-state index contributed by atoms with van der Waals surface area (Å²) in [6.45, 7) is 2.37. The van der Waals surface area contributed by atoms with Gasteiger partial charge in [0.1, 0.15) is 0 Å². The van der Waals surface area contributed by atoms with E-state index < -0.39 is 0 Å². The number of benzene rings is 1. The van der Waals surface area contributed by atoms with E-state index in [1.54, 1.807) is 30.6 Å². The van der Waals surface area contributed by atoms with Crippen LogP contribution in [0.3, 0.4) is 0 Å². The minimum absolute atomic E-state index is 0.0355. The van der Waals surface area contributed by atoms with Crippen LogP contribution in [0.1, 0.15) is 42.2 Å². The molecule has 154 valence electrons. The van der Waals surface area contributed by atoms with E-state index in [0.717, 1.165) is 42.1 Å². The number of carbonyl (C=O) groups is 1. The summed E-state index contributed by atoms with van der Waals surface area (Å²) in [5.74, 6) is 1.37. The van der Waals surface area contributed by atoms with Crippen LogP contribution in [0, 0.1) is 0 Å². The number of methoxy groups -OCH3 is 2. The first-order chi connectivity index (χ1) is 14.2. The predicted octanol–water partition coefficient (Wildman–Crippen LogP) is 3.93. The van der Waals surface area contributed by atoms with Gasteiger partial charge >= 0.3 is 0 Å². The van der Waals surface area contributed by atoms with Crippen molar-refractivity contribution >= 4 is 23.0 Å². The lowest BCUT2D eigenvalue weighted by atomic mass is 9.99. The Hall–Kier alpha value is -2.38. The van der Waals surface area contributed by atoms with Gasteiger partial charge in [-0.2, -0.15) is 5.10 Å². The lowest BCUT2D eigenvalue weighted by Gasteiger charge is -2.29. The SMILES string of the molecule is COc1cccc(C2CC(c3cccs3)=NN2C(=O)CN2CCCCC2)c1OC. The Morgan fingerprint density at radius 3 is 2.66 bits per heavy atom. The van der Waals surface area contributed by atoms with E-state index in [1.165, 1.54) is 6.42 Å². The summed E-state index contributed by atoms with van der Waals surface area (Å²) in [5.41, 5.74) is 1.87. The number of likely N-dealkylation sites (tertiary alicyclic amines) is 1. The number of nitrogens with zero attached hydrogens (tertiary/aromatic N) is 3. The second-order valence-electron chi connectivity index (χ2n) is 7.40. The van der Waals surface area contributed by atoms with Crippen molar-refractivity contribution in [3.8, 4) is 11.5 Å². The van der Waals surface area contributed by atoms with Gasteiger partial charge in [0.15, 0.2) is 11.5 Å². The highest BCUT2D eigenvalue weighted by Gasteiger charge is 2.36. The van der Waals surface area contributed by atoms with Gasteiger partial charge < -0.3 is 9.47 Å². The summed E-state index contributed by atoms with van der Waals surface area (Å²) in [5, 5.41) is 8.48. The van der Waals surface area contributed by atoms with Crippen LogP contribution in [0.25, 0.3) is 0 Å². The predicted molar refractivity (Wildman–Crippen MR) is 115 cm³/mol. The van der Waals surface area contributed by atoms with Gasteiger partial charge in [0.25, 0.3) is 5.91 Å². The number of ether oxygens (including phenoxy) is 2. The highest BCUT2D eigenvalue weighted by Crippen LogP contribution is 2.42. The van der Waals surface area contributed by atoms with Crippen LogP contribution in [0.4, 0.5) is 0 Å². The van der Waals surface area contributed by atoms with E-state index in [-0.39, 0.29) is 11.9 Å². The summed E-state index contributed by atoms with van der Waals surface area (Å²) >= 11 is 1.65. The van der Waals surface area contributed by atoms with Crippen molar-refractivity contribution in [2.24, 2.45) is 5.10 Å². The molecule has 7 heteroatoms. The molecule has 0 bridgehead atoms. The Morgan fingerprint density at radius 1 is 1.14 bits per heavy atom. The molecule has 0 aliphatic carbocycles. The Bertz CT molecular complexity index is 875. The highest BCUT2D eigenvalue weighted by molar-refractivity contribution is 7.12. The van der Waals surface area contributed by atoms with Crippen molar-refractivity contribution in [1.29, 1.82) is 0 Å². The number of carbonyl (C=O) groups excluding carboxylic acids is 1. The fourth-order valence-corrected chi connectivity index (χ4v) is 4.85. The maximum absolute atomic E-state index is 13.3. The second-order valence-corrected chi connectivity index (χ2v) is 8.35. The quantitative estimate of drug-likeness (QED) is 0.720. The molecule has 0 radical (unpaired) electrons. The zero-order valence-corrected chi connectivity index (χ0v) is 17.8. The summed E-state index contributed by atoms with van der Waals surface area (Å²) in [6.07, 6.45) is 4.22. The third-order valence-electron chi connectivity index (χ3n) is 5.57. The van der Waals surface area contributed by atoms with Crippen LogP contribution in [-0.4, -0.2) is 55.4 Å². The molecule has 2 aliphatic heterocycles. The number of hydrogen-bond donors (Lipinski definition) is 0. The third-order valence-corrected chi connectivity index (χ3v) is 6.49. The maximum Gasteiger partial charge on any atom is 0.257 e. The second kappa shape index (κ2) is 8.97. The van der Waals surface area contributed by atoms with Gasteiger partial charge in [-0.05, 0) is 43.4 Å². The molecule has 1 unspecified atom stereocenters. The van der Waals surface area contributed by atoms with Crippen LogP contribution in [0.2, 0.25) is 0 Å². The Kier molecular flexibility index (Phi) is 6.16. The Labute approximate surface area is 175 Å². The van der Waals surface area contributed by atoms with Crippen molar-refractivity contribution in [3.05, 3.63) is 46.2 Å². The molecule has 1 fully saturated rings. The Balaban J connectivity index is 1.65. The molecule has 1 amide bonds. The van der Waals surface area contributed by atoms with Gasteiger partial charge in [-0.3, -0.25) is 9.69 Å². The topological polar surface area (TPSA) is 54.4 Å². The molecule has 1 aromatic heterocycles. The molecular weight excluding hydrogens is 386 g/mol. The molecule has 4 rings (SSSR count). The minimum atomic E-state index is -0.200. The average Bonchev–Trinajstić information content (AvgIpc) is 3.43. The number of thiophene rings is 1. The van der Waals surface area contributed by atoms with Gasteiger partial charge in [0, 0.05) is 12.0 Å². The number of hydrogen-bond acceptors (Lipinski definition) is 6. The summed E-state index contributed by atoms with van der Waals surface area (Å²) in [4.78, 5) is 16.6. The van der Waals surface area contributed by atoms with E-state index >= 15 is 0 Å². The van der Waals surface area contributed by atoms with E-state index in [1.807, 2.05) is 29.6 Å². The number of hydrazone groups is 1. The smallest absolute Gasteiger partial charge is 0.257 e. The average molecular weight is 414 g/mol. The molecule has 1 aromatic carbocycles. The fraction of sp³-hybridized carbons (Fsp3) is 0.455. The van der Waals surface area contributed by atoms with Crippen LogP contribution in [0.15, 0.2) is 40.8 Å². The molecule has 0 N–H and O–H groups in total. The largest absolute Gasteiger partial charge is 0.493 e.